The van der Waals surface area contributed by atoms with Gasteiger partial charge in [0.1, 0.15) is 0 Å². The summed E-state index contributed by atoms with van der Waals surface area (Å²) in [6.07, 6.45) is 1.08. The number of rotatable bonds is 5. The molecule has 7 heteroatoms. The van der Waals surface area contributed by atoms with Crippen molar-refractivity contribution in [2.45, 2.75) is 27.2 Å². The molecular formula is C17H29IN4OS. The third-order valence-electron chi connectivity index (χ3n) is 4.04. The third kappa shape index (κ3) is 6.58. The fourth-order valence-corrected chi connectivity index (χ4v) is 3.61. The standard InChI is InChI=1S/C17H28N4OS.HI/c1-4-18-17(21-9-7-20(8-10-21)15(3)22)19-13-14(2)12-16-6-5-11-23-16;/h5-6,11,14H,4,7-10,12-13H2,1-3H3,(H,18,19);1H. The molecule has 24 heavy (non-hydrogen) atoms. The van der Waals surface area contributed by atoms with E-state index < -0.39 is 0 Å². The van der Waals surface area contributed by atoms with E-state index in [9.17, 15) is 4.79 Å². The lowest BCUT2D eigenvalue weighted by Gasteiger charge is -2.36. The Kier molecular flexibility index (Phi) is 9.65. The molecule has 2 rings (SSSR count). The zero-order valence-corrected chi connectivity index (χ0v) is 18.0. The monoisotopic (exact) mass is 464 g/mol. The van der Waals surface area contributed by atoms with Crippen LogP contribution in [0.1, 0.15) is 25.6 Å². The topological polar surface area (TPSA) is 47.9 Å². The summed E-state index contributed by atoms with van der Waals surface area (Å²) >= 11 is 1.81. The van der Waals surface area contributed by atoms with Gasteiger partial charge >= 0.3 is 0 Å². The van der Waals surface area contributed by atoms with Crippen LogP contribution in [0.5, 0.6) is 0 Å². The minimum atomic E-state index is 0. The number of nitrogens with one attached hydrogen (secondary N) is 1. The molecule has 1 saturated heterocycles. The Morgan fingerprint density at radius 2 is 2.00 bits per heavy atom. The first-order chi connectivity index (χ1) is 11.1. The fourth-order valence-electron chi connectivity index (χ4n) is 2.74. The molecule has 2 heterocycles. The maximum absolute atomic E-state index is 11.4. The molecule has 136 valence electrons. The Morgan fingerprint density at radius 3 is 2.54 bits per heavy atom. The minimum absolute atomic E-state index is 0. The molecule has 5 nitrogen and oxygen atoms in total. The van der Waals surface area contributed by atoms with Gasteiger partial charge in [0.2, 0.25) is 5.91 Å². The van der Waals surface area contributed by atoms with E-state index in [0.29, 0.717) is 5.92 Å². The van der Waals surface area contributed by atoms with Gasteiger partial charge in [0.15, 0.2) is 5.96 Å². The second-order valence-corrected chi connectivity index (χ2v) is 7.11. The number of hydrogen-bond donors (Lipinski definition) is 1. The van der Waals surface area contributed by atoms with E-state index in [1.54, 1.807) is 6.92 Å². The predicted molar refractivity (Wildman–Crippen MR) is 112 cm³/mol. The summed E-state index contributed by atoms with van der Waals surface area (Å²) in [5.41, 5.74) is 0. The average Bonchev–Trinajstić information content (AvgIpc) is 3.04. The van der Waals surface area contributed by atoms with E-state index in [2.05, 4.69) is 41.6 Å². The Hall–Kier alpha value is -0.830. The molecule has 1 atom stereocenters. The van der Waals surface area contributed by atoms with E-state index in [0.717, 1.165) is 51.6 Å². The Morgan fingerprint density at radius 1 is 1.33 bits per heavy atom. The molecule has 0 saturated carbocycles. The summed E-state index contributed by atoms with van der Waals surface area (Å²) in [6, 6.07) is 4.30. The van der Waals surface area contributed by atoms with Gasteiger partial charge in [-0.3, -0.25) is 9.79 Å². The van der Waals surface area contributed by atoms with E-state index in [1.807, 2.05) is 16.2 Å². The number of piperazine rings is 1. The second kappa shape index (κ2) is 10.9. The Labute approximate surface area is 166 Å². The molecule has 0 bridgehead atoms. The van der Waals surface area contributed by atoms with E-state index >= 15 is 0 Å². The largest absolute Gasteiger partial charge is 0.357 e. The number of aliphatic imine (C=N–C) groups is 1. The summed E-state index contributed by atoms with van der Waals surface area (Å²) in [6.45, 7) is 10.9. The highest BCUT2D eigenvalue weighted by molar-refractivity contribution is 14.0. The van der Waals surface area contributed by atoms with E-state index in [-0.39, 0.29) is 29.9 Å². The molecule has 1 N–H and O–H groups in total. The number of thiophene rings is 1. The highest BCUT2D eigenvalue weighted by Crippen LogP contribution is 2.14. The lowest BCUT2D eigenvalue weighted by atomic mass is 10.1. The molecule has 0 aromatic carbocycles. The van der Waals surface area contributed by atoms with Crippen LogP contribution in [-0.4, -0.2) is 60.9 Å². The zero-order valence-electron chi connectivity index (χ0n) is 14.8. The van der Waals surface area contributed by atoms with Crippen molar-refractivity contribution in [1.82, 2.24) is 15.1 Å². The van der Waals surface area contributed by atoms with Gasteiger partial charge in [-0.1, -0.05) is 13.0 Å². The lowest BCUT2D eigenvalue weighted by molar-refractivity contribution is -0.130. The molecule has 1 amide bonds. The Bertz CT molecular complexity index is 513. The van der Waals surface area contributed by atoms with Crippen LogP contribution >= 0.6 is 35.3 Å². The average molecular weight is 464 g/mol. The van der Waals surface area contributed by atoms with Crippen molar-refractivity contribution in [3.8, 4) is 0 Å². The number of carbonyl (C=O) groups excluding carboxylic acids is 1. The van der Waals surface area contributed by atoms with E-state index in [4.69, 9.17) is 4.99 Å². The predicted octanol–water partition coefficient (Wildman–Crippen LogP) is 2.67. The maximum atomic E-state index is 11.4. The van der Waals surface area contributed by atoms with Gasteiger partial charge in [0.05, 0.1) is 0 Å². The lowest BCUT2D eigenvalue weighted by Crippen LogP contribution is -2.53. The number of carbonyl (C=O) groups is 1. The quantitative estimate of drug-likeness (QED) is 0.414. The SMILES string of the molecule is CCNC(=NCC(C)Cc1cccs1)N1CCN(C(C)=O)CC1.I. The van der Waals surface area contributed by atoms with Crippen LogP contribution < -0.4 is 5.32 Å². The van der Waals surface area contributed by atoms with Crippen LogP contribution in [0.25, 0.3) is 0 Å². The number of hydrogen-bond acceptors (Lipinski definition) is 3. The van der Waals surface area contributed by atoms with Crippen molar-refractivity contribution >= 4 is 47.2 Å². The van der Waals surface area contributed by atoms with Gasteiger partial charge < -0.3 is 15.1 Å². The zero-order chi connectivity index (χ0) is 16.7. The second-order valence-electron chi connectivity index (χ2n) is 6.08. The van der Waals surface area contributed by atoms with Crippen molar-refractivity contribution < 1.29 is 4.79 Å². The van der Waals surface area contributed by atoms with Gasteiger partial charge in [-0.2, -0.15) is 0 Å². The molecule has 1 unspecified atom stereocenters. The normalized spacial score (nSPS) is 16.5. The molecule has 1 aromatic heterocycles. The number of nitrogens with zero attached hydrogens (tertiary/aromatic N) is 3. The molecule has 0 spiro atoms. The number of amides is 1. The van der Waals surface area contributed by atoms with Crippen LogP contribution in [0.3, 0.4) is 0 Å². The summed E-state index contributed by atoms with van der Waals surface area (Å²) in [7, 11) is 0. The fraction of sp³-hybridized carbons (Fsp3) is 0.647. The molecule has 1 aromatic rings. The van der Waals surface area contributed by atoms with Crippen LogP contribution in [0, 0.1) is 5.92 Å². The smallest absolute Gasteiger partial charge is 0.219 e. The molecule has 1 aliphatic heterocycles. The summed E-state index contributed by atoms with van der Waals surface area (Å²) in [5, 5.41) is 5.51. The van der Waals surface area contributed by atoms with E-state index in [1.165, 1.54) is 4.88 Å². The van der Waals surface area contributed by atoms with Crippen molar-refractivity contribution in [3.05, 3.63) is 22.4 Å². The third-order valence-corrected chi connectivity index (χ3v) is 4.94. The minimum Gasteiger partial charge on any atom is -0.357 e. The summed E-state index contributed by atoms with van der Waals surface area (Å²) in [4.78, 5) is 21.8. The van der Waals surface area contributed by atoms with Crippen molar-refractivity contribution in [2.24, 2.45) is 10.9 Å². The molecule has 1 fully saturated rings. The van der Waals surface area contributed by atoms with Gasteiger partial charge in [-0.15, -0.1) is 35.3 Å². The van der Waals surface area contributed by atoms with Crippen molar-refractivity contribution in [2.75, 3.05) is 39.3 Å². The number of guanidine groups is 1. The Balaban J connectivity index is 0.00000288. The van der Waals surface area contributed by atoms with Crippen molar-refractivity contribution in [1.29, 1.82) is 0 Å². The summed E-state index contributed by atoms with van der Waals surface area (Å²) < 4.78 is 0. The van der Waals surface area contributed by atoms with Gasteiger partial charge in [-0.25, -0.2) is 0 Å². The molecule has 0 radical (unpaired) electrons. The molecule has 1 aliphatic rings. The molecule has 0 aliphatic carbocycles. The van der Waals surface area contributed by atoms with Gasteiger partial charge in [0.25, 0.3) is 0 Å². The van der Waals surface area contributed by atoms with Crippen LogP contribution in [0.2, 0.25) is 0 Å². The molecular weight excluding hydrogens is 435 g/mol. The first-order valence-electron chi connectivity index (χ1n) is 8.41. The highest BCUT2D eigenvalue weighted by atomic mass is 127. The first kappa shape index (κ1) is 21.2. The van der Waals surface area contributed by atoms with Gasteiger partial charge in [-0.05, 0) is 30.7 Å². The summed E-state index contributed by atoms with van der Waals surface area (Å²) in [5.74, 6) is 1.67. The first-order valence-corrected chi connectivity index (χ1v) is 9.29. The van der Waals surface area contributed by atoms with Crippen LogP contribution in [0.4, 0.5) is 0 Å². The van der Waals surface area contributed by atoms with Crippen LogP contribution in [0.15, 0.2) is 22.5 Å². The number of halogens is 1. The van der Waals surface area contributed by atoms with Crippen LogP contribution in [-0.2, 0) is 11.2 Å². The van der Waals surface area contributed by atoms with Crippen molar-refractivity contribution in [3.63, 3.8) is 0 Å². The maximum Gasteiger partial charge on any atom is 0.219 e. The van der Waals surface area contributed by atoms with Gasteiger partial charge in [0, 0.05) is 51.1 Å². The highest BCUT2D eigenvalue weighted by Gasteiger charge is 2.20.